The summed E-state index contributed by atoms with van der Waals surface area (Å²) in [5, 5.41) is 4.43. The molecule has 0 spiro atoms. The molecule has 2 N–H and O–H groups in total. The summed E-state index contributed by atoms with van der Waals surface area (Å²) in [6, 6.07) is 2.87. The quantitative estimate of drug-likeness (QED) is 0.876. The monoisotopic (exact) mass is 295 g/mol. The van der Waals surface area contributed by atoms with Gasteiger partial charge in [-0.2, -0.15) is 11.3 Å². The van der Waals surface area contributed by atoms with Crippen LogP contribution < -0.4 is 5.73 Å². The summed E-state index contributed by atoms with van der Waals surface area (Å²) in [7, 11) is 0. The summed E-state index contributed by atoms with van der Waals surface area (Å²) in [6.45, 7) is 12.6. The van der Waals surface area contributed by atoms with E-state index in [1.165, 1.54) is 25.2 Å². The summed E-state index contributed by atoms with van der Waals surface area (Å²) >= 11 is 1.78. The molecule has 2 atom stereocenters. The molecule has 0 aliphatic carbocycles. The zero-order valence-corrected chi connectivity index (χ0v) is 13.9. The number of piperazine rings is 1. The smallest absolute Gasteiger partial charge is 0.0508 e. The third kappa shape index (κ3) is 4.04. The van der Waals surface area contributed by atoms with Crippen LogP contribution in [0.1, 0.15) is 38.8 Å². The molecule has 2 heterocycles. The Balaban J connectivity index is 1.98. The predicted molar refractivity (Wildman–Crippen MR) is 88.2 cm³/mol. The van der Waals surface area contributed by atoms with Crippen molar-refractivity contribution >= 4 is 11.3 Å². The molecule has 114 valence electrons. The van der Waals surface area contributed by atoms with E-state index in [-0.39, 0.29) is 6.04 Å². The van der Waals surface area contributed by atoms with E-state index in [0.717, 1.165) is 25.4 Å². The third-order valence-electron chi connectivity index (χ3n) is 4.19. The number of nitrogens with two attached hydrogens (primary N) is 1. The van der Waals surface area contributed by atoms with Crippen molar-refractivity contribution in [2.75, 3.05) is 32.7 Å². The summed E-state index contributed by atoms with van der Waals surface area (Å²) < 4.78 is 0. The van der Waals surface area contributed by atoms with E-state index < -0.39 is 0 Å². The lowest BCUT2D eigenvalue weighted by Crippen LogP contribution is -2.51. The second-order valence-corrected chi connectivity index (χ2v) is 7.08. The average Bonchev–Trinajstić information content (AvgIpc) is 2.94. The summed E-state index contributed by atoms with van der Waals surface area (Å²) in [4.78, 5) is 5.18. The maximum Gasteiger partial charge on any atom is 0.0508 e. The van der Waals surface area contributed by atoms with Crippen LogP contribution in [-0.4, -0.2) is 48.6 Å². The van der Waals surface area contributed by atoms with Gasteiger partial charge in [0.25, 0.3) is 0 Å². The molecule has 2 rings (SSSR count). The zero-order valence-electron chi connectivity index (χ0n) is 13.1. The molecule has 1 aliphatic heterocycles. The van der Waals surface area contributed by atoms with Crippen LogP contribution in [0.4, 0.5) is 0 Å². The van der Waals surface area contributed by atoms with Gasteiger partial charge in [-0.05, 0) is 34.7 Å². The maximum absolute atomic E-state index is 6.40. The van der Waals surface area contributed by atoms with Crippen LogP contribution >= 0.6 is 11.3 Å². The maximum atomic E-state index is 6.40. The summed E-state index contributed by atoms with van der Waals surface area (Å²) in [5.41, 5.74) is 7.81. The molecule has 20 heavy (non-hydrogen) atoms. The number of nitrogens with zero attached hydrogens (tertiary/aromatic N) is 2. The van der Waals surface area contributed by atoms with Crippen LogP contribution in [0.15, 0.2) is 16.8 Å². The first-order valence-electron chi connectivity index (χ1n) is 7.86. The molecule has 0 saturated carbocycles. The van der Waals surface area contributed by atoms with E-state index in [1.54, 1.807) is 11.3 Å². The molecular formula is C16H29N3S. The molecule has 3 nitrogen and oxygen atoms in total. The van der Waals surface area contributed by atoms with Crippen molar-refractivity contribution in [2.45, 2.75) is 39.3 Å². The van der Waals surface area contributed by atoms with Gasteiger partial charge in [0.2, 0.25) is 0 Å². The Morgan fingerprint density at radius 1 is 1.25 bits per heavy atom. The van der Waals surface area contributed by atoms with Gasteiger partial charge >= 0.3 is 0 Å². The largest absolute Gasteiger partial charge is 0.326 e. The molecule has 0 aromatic carbocycles. The SMILES string of the molecule is CCC(N)C(c1ccsc1)N1CCN(CC(C)C)CC1. The lowest BCUT2D eigenvalue weighted by Gasteiger charge is -2.41. The molecule has 0 amide bonds. The van der Waals surface area contributed by atoms with Gasteiger partial charge in [0.05, 0.1) is 6.04 Å². The Bertz CT molecular complexity index is 369. The molecule has 1 aliphatic rings. The summed E-state index contributed by atoms with van der Waals surface area (Å²) in [5.74, 6) is 0.757. The Labute approximate surface area is 127 Å². The molecule has 1 aromatic heterocycles. The van der Waals surface area contributed by atoms with Crippen molar-refractivity contribution in [2.24, 2.45) is 11.7 Å². The molecule has 1 saturated heterocycles. The van der Waals surface area contributed by atoms with Crippen molar-refractivity contribution in [1.29, 1.82) is 0 Å². The minimum atomic E-state index is 0.237. The van der Waals surface area contributed by atoms with E-state index in [4.69, 9.17) is 5.73 Å². The highest BCUT2D eigenvalue weighted by molar-refractivity contribution is 7.07. The highest BCUT2D eigenvalue weighted by atomic mass is 32.1. The van der Waals surface area contributed by atoms with Gasteiger partial charge < -0.3 is 10.6 Å². The molecule has 1 aromatic rings. The highest BCUT2D eigenvalue weighted by Gasteiger charge is 2.29. The van der Waals surface area contributed by atoms with Crippen LogP contribution in [0, 0.1) is 5.92 Å². The van der Waals surface area contributed by atoms with Gasteiger partial charge in [-0.3, -0.25) is 4.90 Å². The molecule has 2 unspecified atom stereocenters. The third-order valence-corrected chi connectivity index (χ3v) is 4.89. The first kappa shape index (κ1) is 16.0. The van der Waals surface area contributed by atoms with Gasteiger partial charge in [0, 0.05) is 38.8 Å². The Kier molecular flexibility index (Phi) is 6.02. The fraction of sp³-hybridized carbons (Fsp3) is 0.750. The van der Waals surface area contributed by atoms with Crippen LogP contribution in [0.5, 0.6) is 0 Å². The van der Waals surface area contributed by atoms with Crippen molar-refractivity contribution in [1.82, 2.24) is 9.80 Å². The van der Waals surface area contributed by atoms with Crippen molar-refractivity contribution < 1.29 is 0 Å². The fourth-order valence-electron chi connectivity index (χ4n) is 3.14. The van der Waals surface area contributed by atoms with Gasteiger partial charge in [0.15, 0.2) is 0 Å². The van der Waals surface area contributed by atoms with Crippen molar-refractivity contribution in [3.8, 4) is 0 Å². The average molecular weight is 295 g/mol. The fourth-order valence-corrected chi connectivity index (χ4v) is 3.83. The predicted octanol–water partition coefficient (Wildman–Crippen LogP) is 2.80. The lowest BCUT2D eigenvalue weighted by molar-refractivity contribution is 0.0777. The minimum absolute atomic E-state index is 0.237. The minimum Gasteiger partial charge on any atom is -0.326 e. The van der Waals surface area contributed by atoms with Crippen molar-refractivity contribution in [3.63, 3.8) is 0 Å². The number of thiophene rings is 1. The van der Waals surface area contributed by atoms with Gasteiger partial charge in [-0.1, -0.05) is 20.8 Å². The van der Waals surface area contributed by atoms with Crippen LogP contribution in [0.3, 0.4) is 0 Å². The molecule has 0 bridgehead atoms. The standard InChI is InChI=1S/C16H29N3S/c1-4-15(17)16(14-5-10-20-12-14)19-8-6-18(7-9-19)11-13(2)3/h5,10,12-13,15-16H,4,6-9,11,17H2,1-3H3. The first-order valence-corrected chi connectivity index (χ1v) is 8.80. The van der Waals surface area contributed by atoms with E-state index >= 15 is 0 Å². The van der Waals surface area contributed by atoms with E-state index in [2.05, 4.69) is 47.4 Å². The lowest BCUT2D eigenvalue weighted by atomic mass is 9.98. The van der Waals surface area contributed by atoms with Crippen LogP contribution in [0.2, 0.25) is 0 Å². The van der Waals surface area contributed by atoms with Crippen LogP contribution in [0.25, 0.3) is 0 Å². The van der Waals surface area contributed by atoms with Gasteiger partial charge in [0.1, 0.15) is 0 Å². The normalized spacial score (nSPS) is 21.2. The molecule has 0 radical (unpaired) electrons. The number of hydrogen-bond acceptors (Lipinski definition) is 4. The zero-order chi connectivity index (χ0) is 14.5. The first-order chi connectivity index (χ1) is 9.61. The van der Waals surface area contributed by atoms with E-state index in [9.17, 15) is 0 Å². The molecule has 4 heteroatoms. The van der Waals surface area contributed by atoms with E-state index in [1.807, 2.05) is 0 Å². The summed E-state index contributed by atoms with van der Waals surface area (Å²) in [6.07, 6.45) is 1.03. The second kappa shape index (κ2) is 7.55. The Hall–Kier alpha value is -0.420. The van der Waals surface area contributed by atoms with Crippen molar-refractivity contribution in [3.05, 3.63) is 22.4 Å². The van der Waals surface area contributed by atoms with Crippen LogP contribution in [-0.2, 0) is 0 Å². The highest BCUT2D eigenvalue weighted by Crippen LogP contribution is 2.28. The van der Waals surface area contributed by atoms with Gasteiger partial charge in [-0.25, -0.2) is 0 Å². The molecule has 1 fully saturated rings. The Morgan fingerprint density at radius 2 is 1.95 bits per heavy atom. The molecular weight excluding hydrogens is 266 g/mol. The number of rotatable bonds is 6. The second-order valence-electron chi connectivity index (χ2n) is 6.30. The Morgan fingerprint density at radius 3 is 2.45 bits per heavy atom. The topological polar surface area (TPSA) is 32.5 Å². The number of hydrogen-bond donors (Lipinski definition) is 1. The van der Waals surface area contributed by atoms with E-state index in [0.29, 0.717) is 6.04 Å². The van der Waals surface area contributed by atoms with Gasteiger partial charge in [-0.15, -0.1) is 0 Å².